The number of ether oxygens (including phenoxy) is 1. The fraction of sp³-hybridized carbons (Fsp3) is 0.400. The summed E-state index contributed by atoms with van der Waals surface area (Å²) in [6, 6.07) is 7.14. The van der Waals surface area contributed by atoms with E-state index in [0.29, 0.717) is 29.1 Å². The lowest BCUT2D eigenvalue weighted by Gasteiger charge is -2.62. The minimum Gasteiger partial charge on any atom is -0.508 e. The molecule has 6 heteroatoms. The first-order chi connectivity index (χ1) is 14.6. The summed E-state index contributed by atoms with van der Waals surface area (Å²) in [7, 11) is 0. The van der Waals surface area contributed by atoms with E-state index in [9.17, 15) is 20.1 Å². The predicted octanol–water partition coefficient (Wildman–Crippen LogP) is 4.88. The van der Waals surface area contributed by atoms with Crippen molar-refractivity contribution in [1.29, 1.82) is 0 Å². The lowest BCUT2D eigenvalue weighted by molar-refractivity contribution is -0.120. The number of hydrogen-bond donors (Lipinski definition) is 3. The minimum atomic E-state index is -0.450. The molecule has 0 radical (unpaired) electrons. The molecule has 1 aliphatic heterocycles. The topological polar surface area (TPSA) is 100 Å². The molecule has 3 aromatic rings. The van der Waals surface area contributed by atoms with Gasteiger partial charge in [0.2, 0.25) is 0 Å². The molecule has 0 spiro atoms. The molecule has 4 atom stereocenters. The van der Waals surface area contributed by atoms with Gasteiger partial charge in [0.15, 0.2) is 5.43 Å². The number of aromatic hydroxyl groups is 3. The molecule has 1 aromatic heterocycles. The summed E-state index contributed by atoms with van der Waals surface area (Å²) in [6.07, 6.45) is 2.15. The summed E-state index contributed by atoms with van der Waals surface area (Å²) >= 11 is 0. The van der Waals surface area contributed by atoms with E-state index in [1.165, 1.54) is 12.1 Å². The molecule has 2 fully saturated rings. The number of phenolic OH excluding ortho intramolecular Hbond substituents is 3. The van der Waals surface area contributed by atoms with E-state index in [1.807, 2.05) is 6.07 Å². The zero-order chi connectivity index (χ0) is 21.9. The molecule has 0 unspecified atom stereocenters. The van der Waals surface area contributed by atoms with Gasteiger partial charge in [-0.2, -0.15) is 0 Å². The van der Waals surface area contributed by atoms with E-state index in [0.717, 1.165) is 24.5 Å². The Morgan fingerprint density at radius 2 is 1.77 bits per heavy atom. The van der Waals surface area contributed by atoms with Gasteiger partial charge in [0.05, 0.1) is 5.56 Å². The second-order valence-electron chi connectivity index (χ2n) is 10.1. The van der Waals surface area contributed by atoms with Gasteiger partial charge in [-0.05, 0) is 48.6 Å². The molecule has 2 saturated carbocycles. The molecule has 3 N–H and O–H groups in total. The Balaban J connectivity index is 1.55. The first kappa shape index (κ1) is 18.6. The van der Waals surface area contributed by atoms with E-state index >= 15 is 0 Å². The van der Waals surface area contributed by atoms with E-state index in [1.54, 1.807) is 6.07 Å². The Kier molecular flexibility index (Phi) is 3.33. The van der Waals surface area contributed by atoms with Gasteiger partial charge in [-0.15, -0.1) is 0 Å². The first-order valence-electron chi connectivity index (χ1n) is 10.7. The van der Waals surface area contributed by atoms with Gasteiger partial charge in [-0.1, -0.05) is 13.8 Å². The zero-order valence-electron chi connectivity index (χ0n) is 17.6. The summed E-state index contributed by atoms with van der Waals surface area (Å²) in [4.78, 5) is 12.7. The Labute approximate surface area is 178 Å². The summed E-state index contributed by atoms with van der Waals surface area (Å²) in [6.45, 7) is 6.77. The zero-order valence-corrected chi connectivity index (χ0v) is 17.6. The van der Waals surface area contributed by atoms with Crippen molar-refractivity contribution in [2.45, 2.75) is 45.1 Å². The van der Waals surface area contributed by atoms with Gasteiger partial charge in [0.1, 0.15) is 45.3 Å². The highest BCUT2D eigenvalue weighted by Crippen LogP contribution is 2.73. The van der Waals surface area contributed by atoms with Gasteiger partial charge in [0.25, 0.3) is 0 Å². The van der Waals surface area contributed by atoms with Crippen molar-refractivity contribution >= 4 is 11.0 Å². The van der Waals surface area contributed by atoms with Crippen molar-refractivity contribution < 1.29 is 24.5 Å². The van der Waals surface area contributed by atoms with Gasteiger partial charge < -0.3 is 24.5 Å². The van der Waals surface area contributed by atoms with Crippen molar-refractivity contribution in [2.24, 2.45) is 17.3 Å². The smallest absolute Gasteiger partial charge is 0.197 e. The van der Waals surface area contributed by atoms with Crippen LogP contribution in [-0.4, -0.2) is 20.9 Å². The molecule has 160 valence electrons. The molecular weight excluding hydrogens is 396 g/mol. The van der Waals surface area contributed by atoms with Crippen molar-refractivity contribution in [2.75, 3.05) is 0 Å². The molecule has 31 heavy (non-hydrogen) atoms. The molecule has 6 rings (SSSR count). The number of fused-ring (bicyclic) bond motifs is 3. The van der Waals surface area contributed by atoms with Crippen LogP contribution in [0.2, 0.25) is 0 Å². The second-order valence-corrected chi connectivity index (χ2v) is 10.1. The highest BCUT2D eigenvalue weighted by atomic mass is 16.5. The summed E-state index contributed by atoms with van der Waals surface area (Å²) < 4.78 is 12.3. The van der Waals surface area contributed by atoms with Crippen LogP contribution in [0, 0.1) is 17.3 Å². The van der Waals surface area contributed by atoms with E-state index in [2.05, 4.69) is 20.8 Å². The molecule has 3 aliphatic rings. The lowest BCUT2D eigenvalue weighted by Crippen LogP contribution is -2.59. The predicted molar refractivity (Wildman–Crippen MR) is 115 cm³/mol. The largest absolute Gasteiger partial charge is 0.508 e. The third kappa shape index (κ3) is 2.25. The van der Waals surface area contributed by atoms with Crippen LogP contribution in [0.5, 0.6) is 23.0 Å². The highest BCUT2D eigenvalue weighted by molar-refractivity contribution is 5.86. The van der Waals surface area contributed by atoms with Gasteiger partial charge in [0, 0.05) is 30.2 Å². The Morgan fingerprint density at radius 1 is 1.00 bits per heavy atom. The summed E-state index contributed by atoms with van der Waals surface area (Å²) in [5.41, 5.74) is 0.938. The molecule has 2 aliphatic carbocycles. The molecule has 6 nitrogen and oxygen atoms in total. The van der Waals surface area contributed by atoms with Crippen molar-refractivity contribution in [3.05, 3.63) is 46.1 Å². The third-order valence-corrected chi connectivity index (χ3v) is 8.07. The quantitative estimate of drug-likeness (QED) is 0.519. The molecule has 2 heterocycles. The average Bonchev–Trinajstić information content (AvgIpc) is 3.00. The number of benzene rings is 2. The molecule has 0 saturated heterocycles. The van der Waals surface area contributed by atoms with Crippen LogP contribution in [0.3, 0.4) is 0 Å². The van der Waals surface area contributed by atoms with Gasteiger partial charge >= 0.3 is 0 Å². The fourth-order valence-electron chi connectivity index (χ4n) is 6.67. The maximum atomic E-state index is 12.7. The molecule has 0 bridgehead atoms. The third-order valence-electron chi connectivity index (χ3n) is 8.07. The second kappa shape index (κ2) is 5.55. The molecule has 0 amide bonds. The average molecular weight is 420 g/mol. The number of rotatable bonds is 1. The van der Waals surface area contributed by atoms with Crippen LogP contribution >= 0.6 is 0 Å². The highest BCUT2D eigenvalue weighted by Gasteiger charge is 2.69. The summed E-state index contributed by atoms with van der Waals surface area (Å²) in [5, 5.41) is 30.6. The number of hydrogen-bond acceptors (Lipinski definition) is 6. The van der Waals surface area contributed by atoms with Crippen molar-refractivity contribution in [3.8, 4) is 34.3 Å². The van der Waals surface area contributed by atoms with Crippen LogP contribution < -0.4 is 10.2 Å². The number of phenols is 3. The van der Waals surface area contributed by atoms with Crippen LogP contribution in [0.15, 0.2) is 39.5 Å². The first-order valence-corrected chi connectivity index (χ1v) is 10.7. The van der Waals surface area contributed by atoms with Crippen LogP contribution in [0.1, 0.15) is 45.1 Å². The summed E-state index contributed by atoms with van der Waals surface area (Å²) in [5.74, 6) is 1.61. The minimum absolute atomic E-state index is 0.00739. The molecule has 2 aromatic carbocycles. The van der Waals surface area contributed by atoms with Crippen molar-refractivity contribution in [1.82, 2.24) is 0 Å². The SMILES string of the molecule is CC1(C)[C@@H]2CC[C@@]3(C)Oc4cc(O)c(-c5cc(=O)c6c(O)cc(O)cc6o5)cc4[C@@H]1[C@@H]23. The van der Waals surface area contributed by atoms with Crippen LogP contribution in [0.4, 0.5) is 0 Å². The van der Waals surface area contributed by atoms with E-state index in [-0.39, 0.29) is 45.0 Å². The molecular formula is C25H24O6. The lowest BCUT2D eigenvalue weighted by atomic mass is 9.45. The van der Waals surface area contributed by atoms with Crippen molar-refractivity contribution in [3.63, 3.8) is 0 Å². The van der Waals surface area contributed by atoms with Crippen LogP contribution in [-0.2, 0) is 0 Å². The monoisotopic (exact) mass is 420 g/mol. The Hall–Kier alpha value is -3.15. The Morgan fingerprint density at radius 3 is 2.55 bits per heavy atom. The standard InChI is InChI=1S/C25H24O6/c1-24(2)14-4-5-25(3)23(14)22(24)13-8-12(15(27)9-19(13)31-25)18-10-17(29)21-16(28)6-11(26)7-20(21)30-18/h6-10,14,22-23,26-28H,4-5H2,1-3H3/t14-,22-,23-,25-/m1/s1. The van der Waals surface area contributed by atoms with E-state index in [4.69, 9.17) is 9.15 Å². The van der Waals surface area contributed by atoms with E-state index < -0.39 is 5.43 Å². The van der Waals surface area contributed by atoms with Gasteiger partial charge in [-0.25, -0.2) is 0 Å². The normalized spacial score (nSPS) is 29.7. The maximum absolute atomic E-state index is 12.7. The van der Waals surface area contributed by atoms with Gasteiger partial charge in [-0.3, -0.25) is 4.79 Å². The maximum Gasteiger partial charge on any atom is 0.197 e. The Bertz CT molecular complexity index is 1340. The van der Waals surface area contributed by atoms with Crippen LogP contribution in [0.25, 0.3) is 22.3 Å². The fourth-order valence-corrected chi connectivity index (χ4v) is 6.67.